The molecule has 0 spiro atoms. The Morgan fingerprint density at radius 2 is 2.24 bits per heavy atom. The van der Waals surface area contributed by atoms with Crippen LogP contribution in [0.2, 0.25) is 0 Å². The van der Waals surface area contributed by atoms with Crippen molar-refractivity contribution in [2.45, 2.75) is 36.9 Å². The lowest BCUT2D eigenvalue weighted by Gasteiger charge is -2.22. The summed E-state index contributed by atoms with van der Waals surface area (Å²) in [6, 6.07) is 8.06. The van der Waals surface area contributed by atoms with Gasteiger partial charge in [0.25, 0.3) is 5.22 Å². The SMILES string of the molecule is O=C(CSc1nc2ccccc2o1)N[C@H]1C[C@@H]2CC[C@@H]1C2. The topological polar surface area (TPSA) is 55.1 Å². The number of oxazole rings is 1. The highest BCUT2D eigenvalue weighted by atomic mass is 32.2. The standard InChI is InChI=1S/C16H18N2O2S/c19-15(17-13-8-10-5-6-11(13)7-10)9-21-16-18-12-3-1-2-4-14(12)20-16/h1-4,10-11,13H,5-9H2,(H,17,19)/t10-,11-,13+/m1/s1. The highest BCUT2D eigenvalue weighted by Crippen LogP contribution is 2.44. The molecular weight excluding hydrogens is 284 g/mol. The molecule has 0 unspecified atom stereocenters. The average Bonchev–Trinajstić information content (AvgIpc) is 3.19. The van der Waals surface area contributed by atoms with Gasteiger partial charge in [-0.2, -0.15) is 0 Å². The molecule has 0 aliphatic heterocycles. The predicted octanol–water partition coefficient (Wildman–Crippen LogP) is 3.22. The van der Waals surface area contributed by atoms with Gasteiger partial charge in [-0.05, 0) is 43.2 Å². The molecule has 5 heteroatoms. The fourth-order valence-corrected chi connectivity index (χ4v) is 4.36. The minimum atomic E-state index is 0.0970. The van der Waals surface area contributed by atoms with E-state index in [2.05, 4.69) is 10.3 Å². The van der Waals surface area contributed by atoms with E-state index in [-0.39, 0.29) is 5.91 Å². The molecule has 2 aliphatic rings. The van der Waals surface area contributed by atoms with E-state index in [1.165, 1.54) is 37.4 Å². The zero-order chi connectivity index (χ0) is 14.2. The molecule has 3 atom stereocenters. The smallest absolute Gasteiger partial charge is 0.257 e. The number of nitrogens with one attached hydrogen (secondary N) is 1. The van der Waals surface area contributed by atoms with Crippen LogP contribution >= 0.6 is 11.8 Å². The van der Waals surface area contributed by atoms with Crippen LogP contribution < -0.4 is 5.32 Å². The van der Waals surface area contributed by atoms with Gasteiger partial charge in [-0.3, -0.25) is 4.79 Å². The van der Waals surface area contributed by atoms with E-state index in [1.54, 1.807) is 0 Å². The first-order chi connectivity index (χ1) is 10.3. The van der Waals surface area contributed by atoms with Gasteiger partial charge in [-0.15, -0.1) is 0 Å². The van der Waals surface area contributed by atoms with Crippen LogP contribution in [0.4, 0.5) is 0 Å². The Bertz CT molecular complexity index is 636. The van der Waals surface area contributed by atoms with Crippen molar-refractivity contribution in [2.75, 3.05) is 5.75 Å². The number of aromatic nitrogens is 1. The molecule has 2 aromatic rings. The third-order valence-corrected chi connectivity index (χ3v) is 5.51. The summed E-state index contributed by atoms with van der Waals surface area (Å²) in [5.74, 6) is 2.04. The number of para-hydroxylation sites is 2. The molecule has 0 saturated heterocycles. The maximum atomic E-state index is 12.1. The Kier molecular flexibility index (Phi) is 3.37. The quantitative estimate of drug-likeness (QED) is 0.881. The van der Waals surface area contributed by atoms with E-state index in [0.717, 1.165) is 17.0 Å². The first-order valence-corrected chi connectivity index (χ1v) is 8.54. The lowest BCUT2D eigenvalue weighted by Crippen LogP contribution is -2.39. The van der Waals surface area contributed by atoms with Crippen molar-refractivity contribution in [1.29, 1.82) is 0 Å². The van der Waals surface area contributed by atoms with Crippen molar-refractivity contribution < 1.29 is 9.21 Å². The number of hydrogen-bond acceptors (Lipinski definition) is 4. The molecule has 2 bridgehead atoms. The van der Waals surface area contributed by atoms with Crippen LogP contribution in [0.15, 0.2) is 33.9 Å². The number of carbonyl (C=O) groups excluding carboxylic acids is 1. The van der Waals surface area contributed by atoms with Crippen LogP contribution in [-0.4, -0.2) is 22.7 Å². The number of nitrogens with zero attached hydrogens (tertiary/aromatic N) is 1. The Balaban J connectivity index is 1.32. The van der Waals surface area contributed by atoms with Crippen LogP contribution in [0.25, 0.3) is 11.1 Å². The summed E-state index contributed by atoms with van der Waals surface area (Å²) < 4.78 is 5.61. The van der Waals surface area contributed by atoms with Crippen LogP contribution in [0.3, 0.4) is 0 Å². The van der Waals surface area contributed by atoms with Gasteiger partial charge in [0, 0.05) is 6.04 Å². The predicted molar refractivity (Wildman–Crippen MR) is 82.1 cm³/mol. The Hall–Kier alpha value is -1.49. The fraction of sp³-hybridized carbons (Fsp3) is 0.500. The number of carbonyl (C=O) groups is 1. The summed E-state index contributed by atoms with van der Waals surface area (Å²) in [7, 11) is 0. The molecule has 2 fully saturated rings. The molecule has 4 rings (SSSR count). The van der Waals surface area contributed by atoms with E-state index < -0.39 is 0 Å². The largest absolute Gasteiger partial charge is 0.431 e. The van der Waals surface area contributed by atoms with Gasteiger partial charge in [-0.25, -0.2) is 4.98 Å². The van der Waals surface area contributed by atoms with Crippen molar-refractivity contribution >= 4 is 28.8 Å². The van der Waals surface area contributed by atoms with E-state index in [1.807, 2.05) is 24.3 Å². The molecule has 0 radical (unpaired) electrons. The molecule has 1 heterocycles. The van der Waals surface area contributed by atoms with Crippen molar-refractivity contribution in [3.8, 4) is 0 Å². The lowest BCUT2D eigenvalue weighted by atomic mass is 9.95. The molecule has 2 aliphatic carbocycles. The second kappa shape index (κ2) is 5.37. The molecule has 4 nitrogen and oxygen atoms in total. The number of benzene rings is 1. The van der Waals surface area contributed by atoms with Gasteiger partial charge in [0.05, 0.1) is 5.75 Å². The highest BCUT2D eigenvalue weighted by Gasteiger charge is 2.39. The minimum absolute atomic E-state index is 0.0970. The van der Waals surface area contributed by atoms with E-state index in [4.69, 9.17) is 4.42 Å². The molecule has 21 heavy (non-hydrogen) atoms. The summed E-state index contributed by atoms with van der Waals surface area (Å²) in [6.07, 6.45) is 5.12. The second-order valence-electron chi connectivity index (χ2n) is 6.09. The first-order valence-electron chi connectivity index (χ1n) is 7.55. The van der Waals surface area contributed by atoms with Crippen LogP contribution in [-0.2, 0) is 4.79 Å². The van der Waals surface area contributed by atoms with Gasteiger partial charge >= 0.3 is 0 Å². The summed E-state index contributed by atoms with van der Waals surface area (Å²) in [5.41, 5.74) is 1.61. The van der Waals surface area contributed by atoms with Crippen molar-refractivity contribution in [3.05, 3.63) is 24.3 Å². The maximum absolute atomic E-state index is 12.1. The van der Waals surface area contributed by atoms with Crippen LogP contribution in [0.1, 0.15) is 25.7 Å². The summed E-state index contributed by atoms with van der Waals surface area (Å²) in [5, 5.41) is 3.75. The second-order valence-corrected chi connectivity index (χ2v) is 7.01. The average molecular weight is 302 g/mol. The number of amides is 1. The zero-order valence-electron chi connectivity index (χ0n) is 11.7. The highest BCUT2D eigenvalue weighted by molar-refractivity contribution is 7.99. The monoisotopic (exact) mass is 302 g/mol. The van der Waals surface area contributed by atoms with Gasteiger partial charge < -0.3 is 9.73 Å². The van der Waals surface area contributed by atoms with Crippen molar-refractivity contribution in [2.24, 2.45) is 11.8 Å². The molecule has 1 aromatic heterocycles. The van der Waals surface area contributed by atoms with Crippen LogP contribution in [0, 0.1) is 11.8 Å². The Labute approximate surface area is 127 Å². The molecular formula is C16H18N2O2S. The van der Waals surface area contributed by atoms with Crippen LogP contribution in [0.5, 0.6) is 0 Å². The number of thioether (sulfide) groups is 1. The summed E-state index contributed by atoms with van der Waals surface area (Å²) in [6.45, 7) is 0. The third-order valence-electron chi connectivity index (χ3n) is 4.69. The zero-order valence-corrected chi connectivity index (χ0v) is 12.6. The van der Waals surface area contributed by atoms with Gasteiger partial charge in [-0.1, -0.05) is 30.3 Å². The van der Waals surface area contributed by atoms with Crippen molar-refractivity contribution in [3.63, 3.8) is 0 Å². The maximum Gasteiger partial charge on any atom is 0.257 e. The third kappa shape index (κ3) is 2.67. The molecule has 1 amide bonds. The fourth-order valence-electron chi connectivity index (χ4n) is 3.71. The van der Waals surface area contributed by atoms with Gasteiger partial charge in [0.1, 0.15) is 5.52 Å². The minimum Gasteiger partial charge on any atom is -0.431 e. The van der Waals surface area contributed by atoms with E-state index in [9.17, 15) is 4.79 Å². The van der Waals surface area contributed by atoms with Gasteiger partial charge in [0.2, 0.25) is 5.91 Å². The first kappa shape index (κ1) is 13.2. The molecule has 110 valence electrons. The number of hydrogen-bond donors (Lipinski definition) is 1. The molecule has 2 saturated carbocycles. The van der Waals surface area contributed by atoms with E-state index in [0.29, 0.717) is 22.9 Å². The lowest BCUT2D eigenvalue weighted by molar-refractivity contribution is -0.119. The van der Waals surface area contributed by atoms with E-state index >= 15 is 0 Å². The summed E-state index contributed by atoms with van der Waals surface area (Å²) in [4.78, 5) is 16.4. The number of rotatable bonds is 4. The molecule has 1 aromatic carbocycles. The Morgan fingerprint density at radius 3 is 3.00 bits per heavy atom. The normalized spacial score (nSPS) is 27.3. The Morgan fingerprint density at radius 1 is 1.33 bits per heavy atom. The number of fused-ring (bicyclic) bond motifs is 3. The van der Waals surface area contributed by atoms with Gasteiger partial charge in [0.15, 0.2) is 5.58 Å². The summed E-state index contributed by atoms with van der Waals surface area (Å²) >= 11 is 1.37. The molecule has 1 N–H and O–H groups in total. The van der Waals surface area contributed by atoms with Crippen molar-refractivity contribution in [1.82, 2.24) is 10.3 Å².